The van der Waals surface area contributed by atoms with Crippen LogP contribution in [0.1, 0.15) is 13.8 Å². The number of aliphatic hydroxyl groups is 1. The van der Waals surface area contributed by atoms with Crippen LogP contribution in [0.5, 0.6) is 0 Å². The SMILES string of the molecule is CC(C)O.[Ni].[O]=[Fe]. The molecule has 50 valence electrons. The van der Waals surface area contributed by atoms with Gasteiger partial charge in [-0.3, -0.25) is 0 Å². The van der Waals surface area contributed by atoms with Gasteiger partial charge in [-0.25, -0.2) is 0 Å². The Morgan fingerprint density at radius 2 is 1.43 bits per heavy atom. The van der Waals surface area contributed by atoms with Crippen LogP contribution >= 0.6 is 0 Å². The summed E-state index contributed by atoms with van der Waals surface area (Å²) in [6.45, 7) is 3.44. The summed E-state index contributed by atoms with van der Waals surface area (Å²) in [5.41, 5.74) is 0. The molecule has 0 saturated heterocycles. The van der Waals surface area contributed by atoms with E-state index in [9.17, 15) is 0 Å². The van der Waals surface area contributed by atoms with E-state index in [0.29, 0.717) is 0 Å². The molecule has 1 N–H and O–H groups in total. The first kappa shape index (κ1) is 15.7. The van der Waals surface area contributed by atoms with E-state index < -0.39 is 0 Å². The van der Waals surface area contributed by atoms with Crippen molar-refractivity contribution in [3.05, 3.63) is 0 Å². The molecule has 0 amide bonds. The van der Waals surface area contributed by atoms with Crippen LogP contribution in [-0.2, 0) is 36.3 Å². The summed E-state index contributed by atoms with van der Waals surface area (Å²) in [6, 6.07) is 0. The summed E-state index contributed by atoms with van der Waals surface area (Å²) in [4.78, 5) is 0. The average Bonchev–Trinajstić information content (AvgIpc) is 1.41. The number of hydrogen-bond acceptors (Lipinski definition) is 2. The Morgan fingerprint density at radius 3 is 1.43 bits per heavy atom. The third-order valence-electron chi connectivity index (χ3n) is 0. The molecule has 0 spiro atoms. The molecule has 7 heavy (non-hydrogen) atoms. The summed E-state index contributed by atoms with van der Waals surface area (Å²) >= 11 is 2.00. The molecule has 0 aliphatic heterocycles. The predicted molar refractivity (Wildman–Crippen MR) is 18.0 cm³/mol. The molecular weight excluding hydrogens is 183 g/mol. The molecule has 0 aromatic heterocycles. The van der Waals surface area contributed by atoms with Gasteiger partial charge in [0.2, 0.25) is 0 Å². The fourth-order valence-corrected chi connectivity index (χ4v) is 0. The van der Waals surface area contributed by atoms with Crippen LogP contribution in [0.3, 0.4) is 0 Å². The van der Waals surface area contributed by atoms with Crippen molar-refractivity contribution in [3.8, 4) is 0 Å². The fourth-order valence-electron chi connectivity index (χ4n) is 0. The molecule has 0 aliphatic rings. The van der Waals surface area contributed by atoms with Crippen LogP contribution in [-0.4, -0.2) is 11.2 Å². The van der Waals surface area contributed by atoms with Gasteiger partial charge in [-0.05, 0) is 13.8 Å². The topological polar surface area (TPSA) is 37.3 Å². The first-order valence-electron chi connectivity index (χ1n) is 1.56. The van der Waals surface area contributed by atoms with Gasteiger partial charge in [-0.2, -0.15) is 0 Å². The van der Waals surface area contributed by atoms with Crippen LogP contribution < -0.4 is 0 Å². The maximum atomic E-state index is 8.06. The standard InChI is InChI=1S/C3H8O.Fe.Ni.O/c1-3(2)4;;;/h3-4H,1-2H3;;;. The summed E-state index contributed by atoms with van der Waals surface area (Å²) in [5, 5.41) is 8.06. The third kappa shape index (κ3) is 258. The second-order valence-corrected chi connectivity index (χ2v) is 1.09. The molecule has 0 aromatic rings. The van der Waals surface area contributed by atoms with Crippen LogP contribution in [0.2, 0.25) is 0 Å². The van der Waals surface area contributed by atoms with Crippen molar-refractivity contribution in [2.45, 2.75) is 20.0 Å². The summed E-state index contributed by atoms with van der Waals surface area (Å²) in [6.07, 6.45) is -0.167. The van der Waals surface area contributed by atoms with E-state index in [-0.39, 0.29) is 22.6 Å². The van der Waals surface area contributed by atoms with Gasteiger partial charge in [0.25, 0.3) is 0 Å². The molecule has 0 radical (unpaired) electrons. The van der Waals surface area contributed by atoms with Crippen LogP contribution in [0.25, 0.3) is 0 Å². The minimum absolute atomic E-state index is 0. The van der Waals surface area contributed by atoms with Crippen molar-refractivity contribution in [1.82, 2.24) is 0 Å². The fraction of sp³-hybridized carbons (Fsp3) is 1.00. The first-order chi connectivity index (χ1) is 2.73. The van der Waals surface area contributed by atoms with Gasteiger partial charge in [0, 0.05) is 22.6 Å². The molecule has 2 nitrogen and oxygen atoms in total. The molecule has 0 fully saturated rings. The van der Waals surface area contributed by atoms with Crippen molar-refractivity contribution >= 4 is 0 Å². The van der Waals surface area contributed by atoms with Crippen LogP contribution in [0.4, 0.5) is 0 Å². The Labute approximate surface area is 61.6 Å². The van der Waals surface area contributed by atoms with E-state index in [2.05, 4.69) is 0 Å². The zero-order valence-corrected chi connectivity index (χ0v) is 6.19. The van der Waals surface area contributed by atoms with Crippen molar-refractivity contribution in [1.29, 1.82) is 0 Å². The quantitative estimate of drug-likeness (QED) is 0.557. The van der Waals surface area contributed by atoms with E-state index in [0.717, 1.165) is 0 Å². The zero-order valence-electron chi connectivity index (χ0n) is 4.10. The predicted octanol–water partition coefficient (Wildman–Crippen LogP) is 0.263. The number of aliphatic hydroxyl groups excluding tert-OH is 1. The van der Waals surface area contributed by atoms with Gasteiger partial charge in [-0.15, -0.1) is 0 Å². The molecule has 0 atom stereocenters. The summed E-state index contributed by atoms with van der Waals surface area (Å²) in [7, 11) is 0. The first-order valence-corrected chi connectivity index (χ1v) is 2.01. The molecule has 0 aliphatic carbocycles. The Kier molecular flexibility index (Phi) is 35.5. The molecule has 0 saturated carbocycles. The normalized spacial score (nSPS) is 5.86. The van der Waals surface area contributed by atoms with Gasteiger partial charge in [0.15, 0.2) is 0 Å². The number of hydrogen-bond donors (Lipinski definition) is 1. The average molecular weight is 191 g/mol. The van der Waals surface area contributed by atoms with Crippen LogP contribution in [0.15, 0.2) is 0 Å². The molecule has 0 unspecified atom stereocenters. The Hall–Kier alpha value is 0.773. The second kappa shape index (κ2) is 15.9. The van der Waals surface area contributed by atoms with Crippen molar-refractivity contribution in [2.24, 2.45) is 0 Å². The van der Waals surface area contributed by atoms with E-state index in [1.54, 1.807) is 13.8 Å². The van der Waals surface area contributed by atoms with Crippen molar-refractivity contribution in [2.75, 3.05) is 0 Å². The molecule has 0 heterocycles. The van der Waals surface area contributed by atoms with Crippen molar-refractivity contribution in [3.63, 3.8) is 0 Å². The van der Waals surface area contributed by atoms with Gasteiger partial charge in [-0.1, -0.05) is 0 Å². The number of rotatable bonds is 0. The van der Waals surface area contributed by atoms with Gasteiger partial charge < -0.3 is 5.11 Å². The zero-order chi connectivity index (χ0) is 5.58. The Bertz CT molecular complexity index is 24.1. The monoisotopic (exact) mass is 190 g/mol. The summed E-state index contributed by atoms with van der Waals surface area (Å²) < 4.78 is 8.00. The van der Waals surface area contributed by atoms with Crippen LogP contribution in [0, 0.1) is 0 Å². The molecule has 4 heteroatoms. The summed E-state index contributed by atoms with van der Waals surface area (Å²) in [5.74, 6) is 0. The Balaban J connectivity index is -0.0000000480. The Morgan fingerprint density at radius 1 is 1.43 bits per heavy atom. The molecule has 0 aromatic carbocycles. The molecule has 0 rings (SSSR count). The molecule has 0 bridgehead atoms. The second-order valence-electron chi connectivity index (χ2n) is 1.09. The van der Waals surface area contributed by atoms with E-state index in [4.69, 9.17) is 8.94 Å². The molecular formula is C3H8FeNiO2. The minimum atomic E-state index is -0.167. The van der Waals surface area contributed by atoms with Gasteiger partial charge in [0.1, 0.15) is 0 Å². The van der Waals surface area contributed by atoms with Crippen molar-refractivity contribution < 1.29 is 41.4 Å². The van der Waals surface area contributed by atoms with E-state index >= 15 is 0 Å². The van der Waals surface area contributed by atoms with E-state index in [1.807, 2.05) is 15.9 Å². The third-order valence-corrected chi connectivity index (χ3v) is 0. The van der Waals surface area contributed by atoms with E-state index in [1.165, 1.54) is 0 Å². The van der Waals surface area contributed by atoms with Gasteiger partial charge >= 0.3 is 19.8 Å². The van der Waals surface area contributed by atoms with Gasteiger partial charge in [0.05, 0.1) is 0 Å². The maximum absolute atomic E-state index is 8.06.